The van der Waals surface area contributed by atoms with E-state index in [1.54, 1.807) is 11.7 Å². The number of aliphatic imine (C=N–C) groups is 1. The van der Waals surface area contributed by atoms with Crippen LogP contribution in [0, 0.1) is 0 Å². The molecule has 0 saturated heterocycles. The Kier molecular flexibility index (Phi) is 6.33. The zero-order valence-electron chi connectivity index (χ0n) is 15.0. The molecule has 1 aromatic carbocycles. The van der Waals surface area contributed by atoms with Crippen LogP contribution in [0.15, 0.2) is 34.1 Å². The molecule has 2 heterocycles. The van der Waals surface area contributed by atoms with Crippen molar-refractivity contribution >= 4 is 17.6 Å². The average Bonchev–Trinajstić information content (AvgIpc) is 2.99. The Morgan fingerprint density at radius 1 is 1.27 bits per heavy atom. The van der Waals surface area contributed by atoms with Crippen molar-refractivity contribution in [1.29, 1.82) is 0 Å². The third-order valence-electron chi connectivity index (χ3n) is 4.47. The molecule has 2 N–H and O–H groups in total. The van der Waals surface area contributed by atoms with E-state index in [0.29, 0.717) is 13.1 Å². The van der Waals surface area contributed by atoms with Gasteiger partial charge in [-0.25, -0.2) is 9.48 Å². The first kappa shape index (κ1) is 18.5. The van der Waals surface area contributed by atoms with Crippen molar-refractivity contribution in [2.75, 3.05) is 13.6 Å². The van der Waals surface area contributed by atoms with Gasteiger partial charge in [0.25, 0.3) is 0 Å². The molecule has 2 aromatic rings. The Morgan fingerprint density at radius 2 is 2.08 bits per heavy atom. The quantitative estimate of drug-likeness (QED) is 0.458. The molecule has 1 aliphatic heterocycles. The molecule has 0 bridgehead atoms. The van der Waals surface area contributed by atoms with Crippen molar-refractivity contribution < 1.29 is 0 Å². The van der Waals surface area contributed by atoms with E-state index in [2.05, 4.69) is 20.7 Å². The first-order valence-electron chi connectivity index (χ1n) is 9.03. The fraction of sp³-hybridized carbons (Fsp3) is 0.500. The van der Waals surface area contributed by atoms with Crippen LogP contribution in [0.4, 0.5) is 0 Å². The molecule has 26 heavy (non-hydrogen) atoms. The van der Waals surface area contributed by atoms with Gasteiger partial charge in [-0.3, -0.25) is 9.56 Å². The molecule has 0 fully saturated rings. The summed E-state index contributed by atoms with van der Waals surface area (Å²) in [6, 6.07) is 7.71. The van der Waals surface area contributed by atoms with Gasteiger partial charge in [-0.05, 0) is 37.0 Å². The van der Waals surface area contributed by atoms with Crippen molar-refractivity contribution in [3.8, 4) is 0 Å². The van der Waals surface area contributed by atoms with Gasteiger partial charge in [-0.1, -0.05) is 23.7 Å². The number of halogens is 1. The van der Waals surface area contributed by atoms with Crippen LogP contribution in [-0.4, -0.2) is 33.9 Å². The van der Waals surface area contributed by atoms with Crippen LogP contribution in [-0.2, 0) is 26.1 Å². The van der Waals surface area contributed by atoms with Crippen molar-refractivity contribution in [1.82, 2.24) is 25.0 Å². The van der Waals surface area contributed by atoms with E-state index in [4.69, 9.17) is 11.6 Å². The summed E-state index contributed by atoms with van der Waals surface area (Å²) in [5, 5.41) is 11.7. The Hall–Kier alpha value is -2.28. The first-order valence-corrected chi connectivity index (χ1v) is 9.40. The number of aromatic nitrogens is 3. The number of fused-ring (bicyclic) bond motifs is 1. The van der Waals surface area contributed by atoms with Crippen LogP contribution in [0.1, 0.15) is 30.7 Å². The molecule has 140 valence electrons. The summed E-state index contributed by atoms with van der Waals surface area (Å²) in [6.45, 7) is 2.80. The number of rotatable bonds is 6. The Labute approximate surface area is 158 Å². The number of hydrogen-bond acceptors (Lipinski definition) is 3. The van der Waals surface area contributed by atoms with E-state index >= 15 is 0 Å². The number of nitrogens with one attached hydrogen (secondary N) is 2. The van der Waals surface area contributed by atoms with Gasteiger partial charge < -0.3 is 10.6 Å². The second kappa shape index (κ2) is 8.89. The lowest BCUT2D eigenvalue weighted by atomic mass is 10.2. The summed E-state index contributed by atoms with van der Waals surface area (Å²) in [5.41, 5.74) is 1.15. The molecule has 0 radical (unpaired) electrons. The molecular formula is C18H25ClN6O. The zero-order chi connectivity index (χ0) is 18.4. The van der Waals surface area contributed by atoms with Crippen molar-refractivity contribution in [2.24, 2.45) is 4.99 Å². The second-order valence-electron chi connectivity index (χ2n) is 6.36. The summed E-state index contributed by atoms with van der Waals surface area (Å²) < 4.78 is 3.40. The van der Waals surface area contributed by atoms with E-state index in [9.17, 15) is 4.79 Å². The van der Waals surface area contributed by atoms with E-state index in [1.165, 1.54) is 0 Å². The highest BCUT2D eigenvalue weighted by molar-refractivity contribution is 6.30. The van der Waals surface area contributed by atoms with E-state index in [1.807, 2.05) is 28.8 Å². The van der Waals surface area contributed by atoms with Gasteiger partial charge in [-0.2, -0.15) is 5.10 Å². The summed E-state index contributed by atoms with van der Waals surface area (Å²) in [5.74, 6) is 1.66. The molecule has 1 aliphatic rings. The third-order valence-corrected chi connectivity index (χ3v) is 4.72. The minimum Gasteiger partial charge on any atom is -0.356 e. The van der Waals surface area contributed by atoms with Gasteiger partial charge in [0.05, 0.1) is 0 Å². The van der Waals surface area contributed by atoms with Gasteiger partial charge in [0.15, 0.2) is 5.96 Å². The Bertz CT molecular complexity index is 808. The summed E-state index contributed by atoms with van der Waals surface area (Å²) in [7, 11) is 1.74. The number of hydrogen-bond donors (Lipinski definition) is 2. The predicted molar refractivity (Wildman–Crippen MR) is 104 cm³/mol. The van der Waals surface area contributed by atoms with Crippen molar-refractivity contribution in [3.63, 3.8) is 0 Å². The van der Waals surface area contributed by atoms with Gasteiger partial charge in [0.1, 0.15) is 5.82 Å². The molecule has 0 atom stereocenters. The lowest BCUT2D eigenvalue weighted by molar-refractivity contribution is 0.509. The first-order chi connectivity index (χ1) is 12.7. The van der Waals surface area contributed by atoms with Crippen LogP contribution < -0.4 is 16.3 Å². The maximum atomic E-state index is 12.3. The lowest BCUT2D eigenvalue weighted by Crippen LogP contribution is -2.37. The monoisotopic (exact) mass is 376 g/mol. The molecule has 8 heteroatoms. The van der Waals surface area contributed by atoms with E-state index in [-0.39, 0.29) is 5.69 Å². The Morgan fingerprint density at radius 3 is 2.81 bits per heavy atom. The summed E-state index contributed by atoms with van der Waals surface area (Å²) in [6.07, 6.45) is 3.89. The van der Waals surface area contributed by atoms with Gasteiger partial charge in [-0.15, -0.1) is 0 Å². The van der Waals surface area contributed by atoms with Crippen LogP contribution in [0.25, 0.3) is 0 Å². The molecule has 0 amide bonds. The highest BCUT2D eigenvalue weighted by Gasteiger charge is 2.16. The zero-order valence-corrected chi connectivity index (χ0v) is 15.8. The topological polar surface area (TPSA) is 76.2 Å². The van der Waals surface area contributed by atoms with Crippen LogP contribution in [0.5, 0.6) is 0 Å². The summed E-state index contributed by atoms with van der Waals surface area (Å²) in [4.78, 5) is 16.5. The van der Waals surface area contributed by atoms with Gasteiger partial charge in [0.2, 0.25) is 0 Å². The van der Waals surface area contributed by atoms with Gasteiger partial charge >= 0.3 is 5.69 Å². The number of aryl methyl sites for hydroxylation is 2. The normalized spacial score (nSPS) is 14.2. The lowest BCUT2D eigenvalue weighted by Gasteiger charge is -2.11. The van der Waals surface area contributed by atoms with E-state index in [0.717, 1.165) is 61.1 Å². The minimum atomic E-state index is 0.0185. The highest BCUT2D eigenvalue weighted by atomic mass is 35.5. The number of benzene rings is 1. The molecular weight excluding hydrogens is 352 g/mol. The fourth-order valence-corrected chi connectivity index (χ4v) is 3.16. The molecule has 1 aromatic heterocycles. The smallest absolute Gasteiger partial charge is 0.345 e. The van der Waals surface area contributed by atoms with Crippen molar-refractivity contribution in [3.05, 3.63) is 51.2 Å². The largest absolute Gasteiger partial charge is 0.356 e. The third kappa shape index (κ3) is 4.66. The molecule has 0 aliphatic carbocycles. The second-order valence-corrected chi connectivity index (χ2v) is 6.80. The molecule has 3 rings (SSSR count). The SMILES string of the molecule is CN=C(NCCCn1nc2n(c1=O)CCCC2)NCc1ccc(Cl)cc1. The van der Waals surface area contributed by atoms with Crippen LogP contribution in [0.2, 0.25) is 5.02 Å². The Balaban J connectivity index is 1.43. The molecule has 0 unspecified atom stereocenters. The van der Waals surface area contributed by atoms with Crippen LogP contribution in [0.3, 0.4) is 0 Å². The molecule has 0 saturated carbocycles. The maximum Gasteiger partial charge on any atom is 0.345 e. The number of nitrogens with zero attached hydrogens (tertiary/aromatic N) is 4. The fourth-order valence-electron chi connectivity index (χ4n) is 3.04. The van der Waals surface area contributed by atoms with Gasteiger partial charge in [0, 0.05) is 44.7 Å². The summed E-state index contributed by atoms with van der Waals surface area (Å²) >= 11 is 5.89. The highest BCUT2D eigenvalue weighted by Crippen LogP contribution is 2.10. The minimum absolute atomic E-state index is 0.0185. The predicted octanol–water partition coefficient (Wildman–Crippen LogP) is 1.79. The van der Waals surface area contributed by atoms with Crippen LogP contribution >= 0.6 is 11.6 Å². The van der Waals surface area contributed by atoms with Crippen molar-refractivity contribution in [2.45, 2.75) is 45.3 Å². The molecule has 0 spiro atoms. The average molecular weight is 377 g/mol. The maximum absolute atomic E-state index is 12.3. The van der Waals surface area contributed by atoms with E-state index < -0.39 is 0 Å². The number of guanidine groups is 1. The molecule has 7 nitrogen and oxygen atoms in total. The standard InChI is InChI=1S/C18H25ClN6O/c1-20-17(22-13-14-6-8-15(19)9-7-14)21-10-4-12-25-18(26)24-11-3-2-5-16(24)23-25/h6-9H,2-5,10-13H2,1H3,(H2,20,21,22).